The zero-order valence-corrected chi connectivity index (χ0v) is 7.61. The van der Waals surface area contributed by atoms with Crippen LogP contribution in [0.1, 0.15) is 0 Å². The molecule has 0 aliphatic rings. The van der Waals surface area contributed by atoms with Crippen molar-refractivity contribution in [1.29, 1.82) is 0 Å². The van der Waals surface area contributed by atoms with Gasteiger partial charge in [-0.2, -0.15) is 0 Å². The molecule has 0 spiro atoms. The normalized spacial score (nSPS) is 10.8. The lowest BCUT2D eigenvalue weighted by molar-refractivity contribution is 1.24. The van der Waals surface area contributed by atoms with E-state index in [0.717, 1.165) is 10.7 Å². The molecule has 0 N–H and O–H groups in total. The van der Waals surface area contributed by atoms with E-state index in [1.54, 1.807) is 11.7 Å². The number of thiazole rings is 1. The predicted molar refractivity (Wildman–Crippen MR) is 52.7 cm³/mol. The average molecular weight is 189 g/mol. The van der Waals surface area contributed by atoms with Gasteiger partial charge in [-0.25, -0.2) is 0 Å². The maximum Gasteiger partial charge on any atom is 0.158 e. The molecule has 2 aromatic rings. The molecule has 0 bridgehead atoms. The molecule has 0 atom stereocenters. The molecule has 0 amide bonds. The third-order valence-electron chi connectivity index (χ3n) is 1.44. The maximum atomic E-state index is 4.04. The standard InChI is InChI=1S/C9H7N3S/c1-2-4-8(5-3-1)11-12-9-6-10-7-13-9/h1-7H. The molecule has 1 aromatic carbocycles. The van der Waals surface area contributed by atoms with Crippen molar-refractivity contribution in [3.8, 4) is 0 Å². The Hall–Kier alpha value is -1.55. The van der Waals surface area contributed by atoms with Crippen molar-refractivity contribution in [3.05, 3.63) is 42.0 Å². The fourth-order valence-electron chi connectivity index (χ4n) is 0.860. The predicted octanol–water partition coefficient (Wildman–Crippen LogP) is 3.56. The zero-order valence-electron chi connectivity index (χ0n) is 6.79. The molecule has 3 nitrogen and oxygen atoms in total. The van der Waals surface area contributed by atoms with Gasteiger partial charge in [0.25, 0.3) is 0 Å². The number of nitrogens with zero attached hydrogens (tertiary/aromatic N) is 3. The summed E-state index contributed by atoms with van der Waals surface area (Å²) in [5.74, 6) is 0. The van der Waals surface area contributed by atoms with E-state index in [2.05, 4.69) is 15.2 Å². The smallest absolute Gasteiger partial charge is 0.158 e. The molecule has 13 heavy (non-hydrogen) atoms. The fraction of sp³-hybridized carbons (Fsp3) is 0. The highest BCUT2D eigenvalue weighted by Gasteiger charge is 1.89. The van der Waals surface area contributed by atoms with Crippen molar-refractivity contribution in [2.24, 2.45) is 10.2 Å². The Morgan fingerprint density at radius 3 is 2.62 bits per heavy atom. The molecule has 0 aliphatic heterocycles. The van der Waals surface area contributed by atoms with Gasteiger partial charge in [-0.3, -0.25) is 4.98 Å². The van der Waals surface area contributed by atoms with Gasteiger partial charge in [0, 0.05) is 0 Å². The molecule has 0 fully saturated rings. The third kappa shape index (κ3) is 2.19. The molecule has 0 aliphatic carbocycles. The number of aromatic nitrogens is 1. The molecule has 2 rings (SSSR count). The van der Waals surface area contributed by atoms with Gasteiger partial charge in [0.05, 0.1) is 17.4 Å². The second-order valence-corrected chi connectivity index (χ2v) is 3.24. The van der Waals surface area contributed by atoms with Crippen LogP contribution in [0.4, 0.5) is 10.7 Å². The molecule has 0 saturated carbocycles. The second kappa shape index (κ2) is 3.91. The Bertz CT molecular complexity index is 381. The summed E-state index contributed by atoms with van der Waals surface area (Å²) in [6, 6.07) is 9.63. The SMILES string of the molecule is c1ccc(N=Nc2cncs2)cc1. The minimum atomic E-state index is 0.823. The highest BCUT2D eigenvalue weighted by atomic mass is 32.1. The van der Waals surface area contributed by atoms with Gasteiger partial charge < -0.3 is 0 Å². The number of hydrogen-bond acceptors (Lipinski definition) is 4. The molecule has 0 unspecified atom stereocenters. The quantitative estimate of drug-likeness (QED) is 0.665. The van der Waals surface area contributed by atoms with Crippen LogP contribution in [-0.4, -0.2) is 4.98 Å². The Kier molecular flexibility index (Phi) is 2.43. The van der Waals surface area contributed by atoms with Crippen LogP contribution in [0.15, 0.2) is 52.3 Å². The first-order chi connectivity index (χ1) is 6.45. The van der Waals surface area contributed by atoms with Crippen LogP contribution in [0.3, 0.4) is 0 Å². The topological polar surface area (TPSA) is 37.6 Å². The summed E-state index contributed by atoms with van der Waals surface area (Å²) >= 11 is 1.47. The number of rotatable bonds is 2. The van der Waals surface area contributed by atoms with Gasteiger partial charge in [0.2, 0.25) is 0 Å². The van der Waals surface area contributed by atoms with Crippen LogP contribution < -0.4 is 0 Å². The minimum Gasteiger partial charge on any atom is -0.251 e. The third-order valence-corrected chi connectivity index (χ3v) is 2.10. The van der Waals surface area contributed by atoms with E-state index < -0.39 is 0 Å². The lowest BCUT2D eigenvalue weighted by Gasteiger charge is -1.87. The van der Waals surface area contributed by atoms with E-state index in [1.165, 1.54) is 11.3 Å². The van der Waals surface area contributed by atoms with Gasteiger partial charge in [-0.1, -0.05) is 18.2 Å². The van der Waals surface area contributed by atoms with Crippen molar-refractivity contribution in [2.45, 2.75) is 0 Å². The fourth-order valence-corrected chi connectivity index (χ4v) is 1.30. The first kappa shape index (κ1) is 8.07. The number of hydrogen-bond donors (Lipinski definition) is 0. The first-order valence-electron chi connectivity index (χ1n) is 3.80. The molecule has 1 aromatic heterocycles. The van der Waals surface area contributed by atoms with Crippen LogP contribution in [0.5, 0.6) is 0 Å². The second-order valence-electron chi connectivity index (χ2n) is 2.38. The largest absolute Gasteiger partial charge is 0.251 e. The molecule has 4 heteroatoms. The Labute approximate surface area is 79.8 Å². The van der Waals surface area contributed by atoms with Crippen molar-refractivity contribution in [2.75, 3.05) is 0 Å². The molecular weight excluding hydrogens is 182 g/mol. The van der Waals surface area contributed by atoms with Crippen molar-refractivity contribution < 1.29 is 0 Å². The van der Waals surface area contributed by atoms with E-state index in [1.807, 2.05) is 30.3 Å². The van der Waals surface area contributed by atoms with Crippen molar-refractivity contribution in [1.82, 2.24) is 4.98 Å². The molecule has 0 saturated heterocycles. The van der Waals surface area contributed by atoms with E-state index in [0.29, 0.717) is 0 Å². The first-order valence-corrected chi connectivity index (χ1v) is 4.68. The van der Waals surface area contributed by atoms with Gasteiger partial charge in [-0.05, 0) is 12.1 Å². The monoisotopic (exact) mass is 189 g/mol. The minimum absolute atomic E-state index is 0.823. The van der Waals surface area contributed by atoms with E-state index in [9.17, 15) is 0 Å². The molecule has 1 heterocycles. The van der Waals surface area contributed by atoms with Crippen LogP contribution in [-0.2, 0) is 0 Å². The highest BCUT2D eigenvalue weighted by Crippen LogP contribution is 2.20. The van der Waals surface area contributed by atoms with Gasteiger partial charge in [0.1, 0.15) is 0 Å². The summed E-state index contributed by atoms with van der Waals surface area (Å²) in [7, 11) is 0. The Morgan fingerprint density at radius 2 is 1.92 bits per heavy atom. The summed E-state index contributed by atoms with van der Waals surface area (Å²) in [5, 5.41) is 8.88. The average Bonchev–Trinajstić information content (AvgIpc) is 2.69. The van der Waals surface area contributed by atoms with Gasteiger partial charge >= 0.3 is 0 Å². The Morgan fingerprint density at radius 1 is 1.08 bits per heavy atom. The van der Waals surface area contributed by atoms with Crippen molar-refractivity contribution >= 4 is 22.0 Å². The summed E-state index contributed by atoms with van der Waals surface area (Å²) < 4.78 is 0. The highest BCUT2D eigenvalue weighted by molar-refractivity contribution is 7.13. The van der Waals surface area contributed by atoms with Crippen molar-refractivity contribution in [3.63, 3.8) is 0 Å². The van der Waals surface area contributed by atoms with Gasteiger partial charge in [-0.15, -0.1) is 21.6 Å². The molecule has 0 radical (unpaired) electrons. The Balaban J connectivity index is 2.15. The lowest BCUT2D eigenvalue weighted by Crippen LogP contribution is -1.59. The number of benzene rings is 1. The van der Waals surface area contributed by atoms with Crippen LogP contribution >= 0.6 is 11.3 Å². The van der Waals surface area contributed by atoms with Gasteiger partial charge in [0.15, 0.2) is 5.00 Å². The molecule has 64 valence electrons. The summed E-state index contributed by atoms with van der Waals surface area (Å²) in [6.45, 7) is 0. The summed E-state index contributed by atoms with van der Waals surface area (Å²) in [4.78, 5) is 3.90. The van der Waals surface area contributed by atoms with Crippen LogP contribution in [0.25, 0.3) is 0 Å². The van der Waals surface area contributed by atoms with E-state index in [4.69, 9.17) is 0 Å². The van der Waals surface area contributed by atoms with E-state index in [-0.39, 0.29) is 0 Å². The molecular formula is C9H7N3S. The lowest BCUT2D eigenvalue weighted by atomic mass is 10.3. The zero-order chi connectivity index (χ0) is 8.93. The maximum absolute atomic E-state index is 4.04. The van der Waals surface area contributed by atoms with Crippen LogP contribution in [0.2, 0.25) is 0 Å². The van der Waals surface area contributed by atoms with Crippen LogP contribution in [0, 0.1) is 0 Å². The summed E-state index contributed by atoms with van der Waals surface area (Å²) in [6.07, 6.45) is 1.69. The van der Waals surface area contributed by atoms with E-state index >= 15 is 0 Å². The number of azo groups is 1. The summed E-state index contributed by atoms with van der Waals surface area (Å²) in [5.41, 5.74) is 2.59.